The fourth-order valence-electron chi connectivity index (χ4n) is 4.55. The van der Waals surface area contributed by atoms with Gasteiger partial charge in [0.25, 0.3) is 0 Å². The Morgan fingerprint density at radius 3 is 2.07 bits per heavy atom. The summed E-state index contributed by atoms with van der Waals surface area (Å²) in [6.45, 7) is 8.84. The van der Waals surface area contributed by atoms with E-state index in [-0.39, 0.29) is 36.3 Å². The highest BCUT2D eigenvalue weighted by Gasteiger charge is 2.39. The van der Waals surface area contributed by atoms with Crippen LogP contribution in [-0.4, -0.2) is 106 Å². The van der Waals surface area contributed by atoms with Gasteiger partial charge in [-0.05, 0) is 38.0 Å². The number of carbonyl (C=O) groups is 7. The van der Waals surface area contributed by atoms with Gasteiger partial charge in [-0.25, -0.2) is 0 Å². The summed E-state index contributed by atoms with van der Waals surface area (Å²) in [5.41, 5.74) is 11.3. The molecule has 1 saturated heterocycles. The lowest BCUT2D eigenvalue weighted by Crippen LogP contribution is -2.60. The predicted molar refractivity (Wildman–Crippen MR) is 165 cm³/mol. The molecule has 1 heterocycles. The van der Waals surface area contributed by atoms with Crippen molar-refractivity contribution in [2.24, 2.45) is 23.3 Å². The number of carbonyl (C=O) groups excluding carboxylic acids is 7. The first-order valence-corrected chi connectivity index (χ1v) is 15.5. The maximum Gasteiger partial charge on any atom is 0.244 e. The molecule has 0 aromatic rings. The normalized spacial score (nSPS) is 19.5. The van der Waals surface area contributed by atoms with E-state index in [4.69, 9.17) is 11.5 Å². The second-order valence-corrected chi connectivity index (χ2v) is 11.9. The van der Waals surface area contributed by atoms with E-state index in [1.165, 1.54) is 11.8 Å². The highest BCUT2D eigenvalue weighted by Crippen LogP contribution is 2.21. The molecule has 0 aromatic carbocycles. The lowest BCUT2D eigenvalue weighted by atomic mass is 9.96. The van der Waals surface area contributed by atoms with Crippen molar-refractivity contribution in [3.63, 3.8) is 0 Å². The highest BCUT2D eigenvalue weighted by molar-refractivity contribution is 7.80. The fourth-order valence-corrected chi connectivity index (χ4v) is 4.80. The van der Waals surface area contributed by atoms with Crippen molar-refractivity contribution in [2.75, 3.05) is 12.3 Å². The van der Waals surface area contributed by atoms with Gasteiger partial charge in [0.05, 0.1) is 12.1 Å². The number of hydrogen-bond acceptors (Lipinski definition) is 10. The van der Waals surface area contributed by atoms with Crippen molar-refractivity contribution in [1.29, 1.82) is 0 Å². The summed E-state index contributed by atoms with van der Waals surface area (Å²) in [5, 5.41) is 19.7. The summed E-state index contributed by atoms with van der Waals surface area (Å²) in [6, 6.07) is -6.50. The van der Waals surface area contributed by atoms with Crippen LogP contribution >= 0.6 is 12.6 Å². The van der Waals surface area contributed by atoms with E-state index in [1.54, 1.807) is 6.92 Å². The minimum absolute atomic E-state index is 0.133. The first-order chi connectivity index (χ1) is 20.6. The smallest absolute Gasteiger partial charge is 0.244 e. The number of aldehydes is 1. The van der Waals surface area contributed by atoms with Crippen LogP contribution in [0.3, 0.4) is 0 Å². The lowest BCUT2D eigenvalue weighted by Gasteiger charge is -2.31. The van der Waals surface area contributed by atoms with E-state index in [1.807, 2.05) is 20.8 Å². The molecule has 16 heteroatoms. The van der Waals surface area contributed by atoms with Crippen LogP contribution in [-0.2, 0) is 33.6 Å². The molecule has 1 fully saturated rings. The largest absolute Gasteiger partial charge is 0.391 e. The molecule has 44 heavy (non-hydrogen) atoms. The van der Waals surface area contributed by atoms with Crippen molar-refractivity contribution in [3.8, 4) is 0 Å². The van der Waals surface area contributed by atoms with Crippen LogP contribution in [0.5, 0.6) is 0 Å². The number of nitrogens with zero attached hydrogens (tertiary/aromatic N) is 1. The summed E-state index contributed by atoms with van der Waals surface area (Å²) >= 11 is 4.08. The molecule has 0 saturated carbocycles. The SMILES string of the molecule is CC[C@H](C)[C@H](NC(=O)[C@@H]1CCCN1C(=O)[C@@H](N)C(C)C)C(=O)N[C@@H](CCC(N)=O)C(=O)N[C@@H](CS)C(=O)N[C@H](C=O)[C@@H](C)O. The summed E-state index contributed by atoms with van der Waals surface area (Å²) in [5.74, 6) is -4.67. The lowest BCUT2D eigenvalue weighted by molar-refractivity contribution is -0.141. The summed E-state index contributed by atoms with van der Waals surface area (Å²) in [4.78, 5) is 89.8. The van der Waals surface area contributed by atoms with Gasteiger partial charge in [-0.15, -0.1) is 0 Å². The Bertz CT molecular complexity index is 1040. The van der Waals surface area contributed by atoms with Gasteiger partial charge in [0.2, 0.25) is 35.4 Å². The predicted octanol–water partition coefficient (Wildman–Crippen LogP) is -2.28. The molecule has 8 atom stereocenters. The number of hydrogen-bond donors (Lipinski definition) is 8. The minimum atomic E-state index is -1.33. The topological polar surface area (TPSA) is 243 Å². The van der Waals surface area contributed by atoms with Crippen LogP contribution in [0, 0.1) is 11.8 Å². The van der Waals surface area contributed by atoms with Gasteiger partial charge >= 0.3 is 0 Å². The van der Waals surface area contributed by atoms with Gasteiger partial charge in [0.15, 0.2) is 0 Å². The molecular weight excluding hydrogens is 594 g/mol. The van der Waals surface area contributed by atoms with Crippen molar-refractivity contribution >= 4 is 54.4 Å². The number of nitrogens with two attached hydrogens (primary N) is 2. The molecule has 0 unspecified atom stereocenters. The van der Waals surface area contributed by atoms with Crippen LogP contribution in [0.2, 0.25) is 0 Å². The van der Waals surface area contributed by atoms with E-state index in [9.17, 15) is 38.7 Å². The second kappa shape index (κ2) is 18.5. The molecule has 0 bridgehead atoms. The van der Waals surface area contributed by atoms with Crippen molar-refractivity contribution in [2.45, 2.75) is 109 Å². The monoisotopic (exact) mass is 643 g/mol. The van der Waals surface area contributed by atoms with Crippen LogP contribution in [0.25, 0.3) is 0 Å². The van der Waals surface area contributed by atoms with Gasteiger partial charge in [0.1, 0.15) is 36.5 Å². The summed E-state index contributed by atoms with van der Waals surface area (Å²) in [6.07, 6.45) is 0.134. The maximum atomic E-state index is 13.5. The van der Waals surface area contributed by atoms with E-state index >= 15 is 0 Å². The molecule has 0 aliphatic carbocycles. The van der Waals surface area contributed by atoms with E-state index < -0.39 is 71.9 Å². The molecule has 1 aliphatic rings. The fraction of sp³-hybridized carbons (Fsp3) is 0.750. The Kier molecular flexibility index (Phi) is 16.3. The number of aliphatic hydroxyl groups is 1. The molecule has 250 valence electrons. The first kappa shape index (κ1) is 38.8. The first-order valence-electron chi connectivity index (χ1n) is 14.9. The zero-order valence-electron chi connectivity index (χ0n) is 26.1. The second-order valence-electron chi connectivity index (χ2n) is 11.6. The summed E-state index contributed by atoms with van der Waals surface area (Å²) < 4.78 is 0. The average Bonchev–Trinajstić information content (AvgIpc) is 3.47. The number of amides is 6. The number of likely N-dealkylation sites (tertiary alicyclic amines) is 1. The van der Waals surface area contributed by atoms with Gasteiger partial charge < -0.3 is 47.5 Å². The Labute approximate surface area is 263 Å². The third-order valence-corrected chi connectivity index (χ3v) is 8.10. The Morgan fingerprint density at radius 1 is 0.977 bits per heavy atom. The van der Waals surface area contributed by atoms with Crippen molar-refractivity contribution < 1.29 is 38.7 Å². The summed E-state index contributed by atoms with van der Waals surface area (Å²) in [7, 11) is 0. The van der Waals surface area contributed by atoms with Gasteiger partial charge in [-0.3, -0.25) is 28.8 Å². The third-order valence-electron chi connectivity index (χ3n) is 7.74. The molecule has 0 aromatic heterocycles. The maximum absolute atomic E-state index is 13.5. The van der Waals surface area contributed by atoms with E-state index in [0.717, 1.165) is 0 Å². The molecule has 1 rings (SSSR count). The van der Waals surface area contributed by atoms with E-state index in [2.05, 4.69) is 33.9 Å². The number of primary amides is 1. The van der Waals surface area contributed by atoms with Crippen LogP contribution in [0.1, 0.15) is 66.7 Å². The number of thiol groups is 1. The Balaban J connectivity index is 3.13. The third kappa shape index (κ3) is 11.4. The zero-order chi connectivity index (χ0) is 33.7. The number of rotatable bonds is 18. The van der Waals surface area contributed by atoms with Crippen LogP contribution in [0.15, 0.2) is 0 Å². The van der Waals surface area contributed by atoms with Crippen LogP contribution < -0.4 is 32.7 Å². The standard InChI is InChI=1S/C28H49N7O8S/c1-6-15(4)23(34-26(41)20-8-7-11-35(20)28(43)22(30)14(2)3)27(42)31-17(9-10-21(29)38)24(39)33-19(13-44)25(40)32-18(12-36)16(5)37/h12,14-20,22-23,37,44H,6-11,13,30H2,1-5H3,(H2,29,38)(H,31,42)(H,32,40)(H,33,39)(H,34,41)/t15-,16+,17-,18+,19-,20-,22-,23-/m0/s1. The highest BCUT2D eigenvalue weighted by atomic mass is 32.1. The van der Waals surface area contributed by atoms with Gasteiger partial charge in [-0.2, -0.15) is 12.6 Å². The zero-order valence-corrected chi connectivity index (χ0v) is 27.0. The van der Waals surface area contributed by atoms with Crippen LogP contribution in [0.4, 0.5) is 0 Å². The molecule has 1 aliphatic heterocycles. The Morgan fingerprint density at radius 2 is 1.57 bits per heavy atom. The van der Waals surface area contributed by atoms with Gasteiger partial charge in [0, 0.05) is 18.7 Å². The van der Waals surface area contributed by atoms with Crippen molar-refractivity contribution in [1.82, 2.24) is 26.2 Å². The average molecular weight is 644 g/mol. The molecule has 9 N–H and O–H groups in total. The van der Waals surface area contributed by atoms with Crippen molar-refractivity contribution in [3.05, 3.63) is 0 Å². The molecule has 6 amide bonds. The molecule has 15 nitrogen and oxygen atoms in total. The Hall–Kier alpha value is -3.24. The van der Waals surface area contributed by atoms with E-state index in [0.29, 0.717) is 32.1 Å². The molecule has 0 spiro atoms. The van der Waals surface area contributed by atoms with Gasteiger partial charge in [-0.1, -0.05) is 34.1 Å². The molecule has 0 radical (unpaired) electrons. The molecular formula is C28H49N7O8S. The number of aliphatic hydroxyl groups excluding tert-OH is 1. The minimum Gasteiger partial charge on any atom is -0.391 e. The number of nitrogens with one attached hydrogen (secondary N) is 4. The quantitative estimate of drug-likeness (QED) is 0.0592.